The maximum Gasteiger partial charge on any atom is 0.275 e. The second kappa shape index (κ2) is 8.78. The van der Waals surface area contributed by atoms with Crippen molar-refractivity contribution in [3.8, 4) is 0 Å². The summed E-state index contributed by atoms with van der Waals surface area (Å²) < 4.78 is 25.5. The van der Waals surface area contributed by atoms with E-state index in [0.717, 1.165) is 11.8 Å². The van der Waals surface area contributed by atoms with E-state index in [1.165, 1.54) is 18.2 Å². The molecule has 0 saturated heterocycles. The van der Waals surface area contributed by atoms with Crippen LogP contribution >= 0.6 is 11.6 Å². The number of aromatic nitrogens is 2. The number of nitro groups is 1. The predicted octanol–water partition coefficient (Wildman–Crippen LogP) is 3.88. The lowest BCUT2D eigenvalue weighted by Crippen LogP contribution is -2.18. The van der Waals surface area contributed by atoms with Crippen LogP contribution in [0.1, 0.15) is 27.2 Å². The number of rotatable bonds is 6. The maximum atomic E-state index is 12.8. The molecule has 11 heteroatoms. The van der Waals surface area contributed by atoms with E-state index in [9.17, 15) is 23.3 Å². The van der Waals surface area contributed by atoms with Gasteiger partial charge in [0.15, 0.2) is 5.69 Å². The van der Waals surface area contributed by atoms with Gasteiger partial charge in [0, 0.05) is 12.1 Å². The van der Waals surface area contributed by atoms with Crippen molar-refractivity contribution in [1.29, 1.82) is 0 Å². The third-order valence-electron chi connectivity index (χ3n) is 4.33. The van der Waals surface area contributed by atoms with Crippen LogP contribution in [0.2, 0.25) is 5.02 Å². The molecule has 0 aliphatic rings. The summed E-state index contributed by atoms with van der Waals surface area (Å²) in [4.78, 5) is 30.7. The van der Waals surface area contributed by atoms with Crippen LogP contribution in [0.4, 0.5) is 11.4 Å². The molecule has 160 valence electrons. The Morgan fingerprint density at radius 3 is 2.61 bits per heavy atom. The van der Waals surface area contributed by atoms with E-state index in [4.69, 9.17) is 11.6 Å². The van der Waals surface area contributed by atoms with E-state index in [1.54, 1.807) is 25.1 Å². The van der Waals surface area contributed by atoms with Crippen LogP contribution in [-0.2, 0) is 15.6 Å². The number of sulfone groups is 1. The van der Waals surface area contributed by atoms with Crippen LogP contribution in [0.15, 0.2) is 53.8 Å². The zero-order valence-corrected chi connectivity index (χ0v) is 18.1. The van der Waals surface area contributed by atoms with Crippen LogP contribution in [0.25, 0.3) is 0 Å². The van der Waals surface area contributed by atoms with Gasteiger partial charge in [-0.1, -0.05) is 47.5 Å². The first-order valence-electron chi connectivity index (χ1n) is 8.94. The molecule has 0 aliphatic carbocycles. The van der Waals surface area contributed by atoms with Crippen molar-refractivity contribution in [2.45, 2.75) is 24.8 Å². The van der Waals surface area contributed by atoms with E-state index >= 15 is 0 Å². The van der Waals surface area contributed by atoms with E-state index in [2.05, 4.69) is 15.3 Å². The van der Waals surface area contributed by atoms with Crippen LogP contribution in [-0.4, -0.2) is 29.2 Å². The zero-order chi connectivity index (χ0) is 22.8. The summed E-state index contributed by atoms with van der Waals surface area (Å²) in [6.45, 7) is 3.49. The highest BCUT2D eigenvalue weighted by molar-refractivity contribution is 7.90. The summed E-state index contributed by atoms with van der Waals surface area (Å²) in [5.74, 6) is -1.16. The second-order valence-corrected chi connectivity index (χ2v) is 9.10. The molecule has 1 heterocycles. The molecule has 1 N–H and O–H groups in total. The number of nitrogens with one attached hydrogen (secondary N) is 1. The molecule has 2 aromatic carbocycles. The fourth-order valence-corrected chi connectivity index (χ4v) is 4.15. The average molecular weight is 461 g/mol. The number of amides is 1. The predicted molar refractivity (Wildman–Crippen MR) is 115 cm³/mol. The van der Waals surface area contributed by atoms with Gasteiger partial charge < -0.3 is 5.32 Å². The van der Waals surface area contributed by atoms with Crippen LogP contribution < -0.4 is 5.32 Å². The number of nitro benzene ring substituents is 1. The molecule has 1 aromatic heterocycles. The lowest BCUT2D eigenvalue weighted by atomic mass is 10.1. The Morgan fingerprint density at radius 1 is 1.19 bits per heavy atom. The van der Waals surface area contributed by atoms with Crippen LogP contribution in [0.5, 0.6) is 0 Å². The fourth-order valence-electron chi connectivity index (χ4n) is 2.79. The number of hydrogen-bond acceptors (Lipinski definition) is 7. The minimum absolute atomic E-state index is 0.157. The highest BCUT2D eigenvalue weighted by atomic mass is 35.5. The quantitative estimate of drug-likeness (QED) is 0.335. The standard InChI is InChI=1S/C20H17ClN4O5S/c1-12-4-3-5-14(8-12)11-31(29,30)20-22-10-16(21)18(24-20)19(26)23-17-9-15(25(27)28)7-6-13(17)2/h3-10H,11H2,1-2H3,(H,23,26). The molecule has 0 saturated carbocycles. The topological polar surface area (TPSA) is 132 Å². The van der Waals surface area contributed by atoms with Crippen molar-refractivity contribution >= 4 is 38.7 Å². The van der Waals surface area contributed by atoms with Gasteiger partial charge in [-0.3, -0.25) is 14.9 Å². The van der Waals surface area contributed by atoms with Crippen molar-refractivity contribution in [2.24, 2.45) is 0 Å². The Labute approximate surface area is 183 Å². The molecule has 0 radical (unpaired) electrons. The zero-order valence-electron chi connectivity index (χ0n) is 16.5. The highest BCUT2D eigenvalue weighted by Crippen LogP contribution is 2.24. The first kappa shape index (κ1) is 22.3. The lowest BCUT2D eigenvalue weighted by molar-refractivity contribution is -0.384. The monoisotopic (exact) mass is 460 g/mol. The largest absolute Gasteiger partial charge is 0.320 e. The van der Waals surface area contributed by atoms with E-state index in [1.807, 2.05) is 13.0 Å². The van der Waals surface area contributed by atoms with Gasteiger partial charge in [0.05, 0.1) is 27.6 Å². The molecule has 0 aliphatic heterocycles. The fraction of sp³-hybridized carbons (Fsp3) is 0.150. The van der Waals surface area contributed by atoms with Crippen molar-refractivity contribution < 1.29 is 18.1 Å². The Hall–Kier alpha value is -3.37. The number of nitrogens with zero attached hydrogens (tertiary/aromatic N) is 3. The molecule has 0 unspecified atom stereocenters. The van der Waals surface area contributed by atoms with Crippen molar-refractivity contribution in [2.75, 3.05) is 5.32 Å². The normalized spacial score (nSPS) is 11.2. The van der Waals surface area contributed by atoms with Gasteiger partial charge in [-0.15, -0.1) is 0 Å². The number of hydrogen-bond donors (Lipinski definition) is 1. The van der Waals surface area contributed by atoms with Crippen LogP contribution in [0.3, 0.4) is 0 Å². The summed E-state index contributed by atoms with van der Waals surface area (Å²) in [6, 6.07) is 10.9. The van der Waals surface area contributed by atoms with Crippen molar-refractivity contribution in [3.63, 3.8) is 0 Å². The van der Waals surface area contributed by atoms with E-state index in [-0.39, 0.29) is 27.8 Å². The number of benzene rings is 2. The Balaban J connectivity index is 1.91. The molecule has 0 atom stereocenters. The van der Waals surface area contributed by atoms with Gasteiger partial charge in [0.25, 0.3) is 11.6 Å². The number of aryl methyl sites for hydroxylation is 2. The first-order valence-corrected chi connectivity index (χ1v) is 11.0. The average Bonchev–Trinajstić information content (AvgIpc) is 2.69. The molecule has 0 bridgehead atoms. The molecule has 9 nitrogen and oxygen atoms in total. The van der Waals surface area contributed by atoms with Gasteiger partial charge >= 0.3 is 0 Å². The molecule has 0 fully saturated rings. The summed E-state index contributed by atoms with van der Waals surface area (Å²) in [6.07, 6.45) is 1.03. The number of carbonyl (C=O) groups excluding carboxylic acids is 1. The van der Waals surface area contributed by atoms with Gasteiger partial charge in [0.2, 0.25) is 15.0 Å². The summed E-state index contributed by atoms with van der Waals surface area (Å²) in [5, 5.41) is 12.8. The van der Waals surface area contributed by atoms with Crippen molar-refractivity contribution in [3.05, 3.63) is 86.2 Å². The summed E-state index contributed by atoms with van der Waals surface area (Å²) >= 11 is 6.02. The number of anilines is 1. The maximum absolute atomic E-state index is 12.8. The first-order chi connectivity index (χ1) is 14.6. The minimum Gasteiger partial charge on any atom is -0.320 e. The van der Waals surface area contributed by atoms with E-state index < -0.39 is 25.8 Å². The van der Waals surface area contributed by atoms with Crippen molar-refractivity contribution in [1.82, 2.24) is 9.97 Å². The molecule has 0 spiro atoms. The molecule has 3 aromatic rings. The van der Waals surface area contributed by atoms with Gasteiger partial charge in [-0.25, -0.2) is 18.4 Å². The SMILES string of the molecule is Cc1cccc(CS(=O)(=O)c2ncc(Cl)c(C(=O)Nc3cc([N+](=O)[O-])ccc3C)n2)c1. The molecular weight excluding hydrogens is 444 g/mol. The van der Waals surface area contributed by atoms with Gasteiger partial charge in [0.1, 0.15) is 0 Å². The smallest absolute Gasteiger partial charge is 0.275 e. The summed E-state index contributed by atoms with van der Waals surface area (Å²) in [7, 11) is -3.95. The van der Waals surface area contributed by atoms with E-state index in [0.29, 0.717) is 11.1 Å². The van der Waals surface area contributed by atoms with Crippen LogP contribution in [0, 0.1) is 24.0 Å². The second-order valence-electron chi connectivity index (χ2n) is 6.81. The third kappa shape index (κ3) is 5.22. The minimum atomic E-state index is -3.95. The third-order valence-corrected chi connectivity index (χ3v) is 6.08. The molecule has 3 rings (SSSR count). The highest BCUT2D eigenvalue weighted by Gasteiger charge is 2.23. The Kier molecular flexibility index (Phi) is 6.32. The number of non-ortho nitro benzene ring substituents is 1. The molecular formula is C20H17ClN4O5S. The molecule has 31 heavy (non-hydrogen) atoms. The Morgan fingerprint density at radius 2 is 1.94 bits per heavy atom. The summed E-state index contributed by atoms with van der Waals surface area (Å²) in [5.41, 5.74) is 1.63. The number of halogens is 1. The molecule has 1 amide bonds. The van der Waals surface area contributed by atoms with Gasteiger partial charge in [-0.2, -0.15) is 0 Å². The lowest BCUT2D eigenvalue weighted by Gasteiger charge is -2.10. The van der Waals surface area contributed by atoms with Gasteiger partial charge in [-0.05, 0) is 25.0 Å². The number of carbonyl (C=O) groups is 1. The Bertz CT molecular complexity index is 1290.